The van der Waals surface area contributed by atoms with E-state index >= 15 is 0 Å². The predicted molar refractivity (Wildman–Crippen MR) is 84.1 cm³/mol. The number of hydrogen-bond acceptors (Lipinski definition) is 3. The Morgan fingerprint density at radius 1 is 1.14 bits per heavy atom. The molecule has 0 spiro atoms. The highest BCUT2D eigenvalue weighted by molar-refractivity contribution is 6.15. The van der Waals surface area contributed by atoms with Crippen molar-refractivity contribution in [1.82, 2.24) is 5.32 Å². The number of carbonyl (C=O) groups excluding carboxylic acids is 2. The first kappa shape index (κ1) is 15.7. The molecule has 1 aromatic rings. The van der Waals surface area contributed by atoms with Crippen LogP contribution in [0.2, 0.25) is 0 Å². The zero-order valence-corrected chi connectivity index (χ0v) is 12.9. The quantitative estimate of drug-likeness (QED) is 0.847. The van der Waals surface area contributed by atoms with Crippen LogP contribution in [0.4, 0.5) is 5.69 Å². The lowest BCUT2D eigenvalue weighted by Crippen LogP contribution is -2.36. The third-order valence-corrected chi connectivity index (χ3v) is 3.87. The van der Waals surface area contributed by atoms with Gasteiger partial charge in [-0.1, -0.05) is 25.1 Å². The van der Waals surface area contributed by atoms with Crippen LogP contribution in [0.15, 0.2) is 24.3 Å². The van der Waals surface area contributed by atoms with Gasteiger partial charge in [-0.15, -0.1) is 0 Å². The summed E-state index contributed by atoms with van der Waals surface area (Å²) in [4.78, 5) is 26.0. The first-order valence-corrected chi connectivity index (χ1v) is 7.83. The predicted octanol–water partition coefficient (Wildman–Crippen LogP) is 3.18. The van der Waals surface area contributed by atoms with Gasteiger partial charge in [-0.2, -0.15) is 0 Å². The Balaban J connectivity index is 2.33. The molecule has 1 heterocycles. The molecule has 0 saturated carbocycles. The van der Waals surface area contributed by atoms with Crippen molar-refractivity contribution in [2.45, 2.75) is 52.0 Å². The number of nitrogens with zero attached hydrogens (tertiary/aromatic N) is 1. The number of nitrogens with one attached hydrogen (secondary N) is 1. The molecule has 1 saturated heterocycles. The zero-order chi connectivity index (χ0) is 15.2. The molecule has 1 atom stereocenters. The van der Waals surface area contributed by atoms with E-state index in [1.165, 1.54) is 4.90 Å². The molecule has 0 radical (unpaired) electrons. The fourth-order valence-electron chi connectivity index (χ4n) is 2.71. The molecule has 1 N–H and O–H groups in total. The number of hydrogen-bond donors (Lipinski definition) is 1. The van der Waals surface area contributed by atoms with Gasteiger partial charge < -0.3 is 5.32 Å². The van der Waals surface area contributed by atoms with Crippen LogP contribution >= 0.6 is 0 Å². The first-order valence-electron chi connectivity index (χ1n) is 7.83. The Bertz CT molecular complexity index is 495. The molecule has 1 aromatic carbocycles. The average Bonchev–Trinajstić information content (AvgIpc) is 2.65. The highest BCUT2D eigenvalue weighted by atomic mass is 16.2. The van der Waals surface area contributed by atoms with E-state index in [1.54, 1.807) is 0 Å². The smallest absolute Gasteiger partial charge is 0.233 e. The summed E-state index contributed by atoms with van der Waals surface area (Å²) in [5, 5.41) is 3.42. The third kappa shape index (κ3) is 3.70. The standard InChI is InChI=1S/C17H24N2O2/c1-3-12-18-13(2)14-8-4-5-9-15(14)19-16(20)10-6-7-11-17(19)21/h4-5,8-9,13,18H,3,6-7,10-12H2,1-2H3. The maximum Gasteiger partial charge on any atom is 0.233 e. The number of imide groups is 1. The molecule has 21 heavy (non-hydrogen) atoms. The van der Waals surface area contributed by atoms with Crippen molar-refractivity contribution in [2.24, 2.45) is 0 Å². The molecule has 114 valence electrons. The second-order valence-corrected chi connectivity index (χ2v) is 5.56. The molecular weight excluding hydrogens is 264 g/mol. The Kier molecular flexibility index (Phi) is 5.51. The first-order chi connectivity index (χ1) is 10.1. The summed E-state index contributed by atoms with van der Waals surface area (Å²) in [5.41, 5.74) is 1.75. The van der Waals surface area contributed by atoms with Gasteiger partial charge in [0.25, 0.3) is 0 Å². The van der Waals surface area contributed by atoms with Crippen molar-refractivity contribution in [1.29, 1.82) is 0 Å². The van der Waals surface area contributed by atoms with Crippen molar-refractivity contribution in [3.63, 3.8) is 0 Å². The fraction of sp³-hybridized carbons (Fsp3) is 0.529. The molecular formula is C17H24N2O2. The van der Waals surface area contributed by atoms with E-state index < -0.39 is 0 Å². The van der Waals surface area contributed by atoms with Crippen molar-refractivity contribution < 1.29 is 9.59 Å². The Morgan fingerprint density at radius 2 is 1.76 bits per heavy atom. The van der Waals surface area contributed by atoms with E-state index in [2.05, 4.69) is 19.2 Å². The lowest BCUT2D eigenvalue weighted by atomic mass is 10.0. The van der Waals surface area contributed by atoms with Gasteiger partial charge in [0.15, 0.2) is 0 Å². The van der Waals surface area contributed by atoms with Crippen LogP contribution in [0, 0.1) is 0 Å². The zero-order valence-electron chi connectivity index (χ0n) is 12.9. The minimum atomic E-state index is -0.0763. The summed E-state index contributed by atoms with van der Waals surface area (Å²) < 4.78 is 0. The highest BCUT2D eigenvalue weighted by Gasteiger charge is 2.28. The molecule has 4 heteroatoms. The SMILES string of the molecule is CCCNC(C)c1ccccc1N1C(=O)CCCCC1=O. The van der Waals surface area contributed by atoms with Crippen LogP contribution in [0.5, 0.6) is 0 Å². The Labute approximate surface area is 126 Å². The van der Waals surface area contributed by atoms with Crippen LogP contribution < -0.4 is 10.2 Å². The summed E-state index contributed by atoms with van der Waals surface area (Å²) in [7, 11) is 0. The molecule has 0 bridgehead atoms. The molecule has 1 aliphatic rings. The van der Waals surface area contributed by atoms with Gasteiger partial charge >= 0.3 is 0 Å². The normalized spacial score (nSPS) is 17.7. The average molecular weight is 288 g/mol. The number of benzene rings is 1. The third-order valence-electron chi connectivity index (χ3n) is 3.87. The van der Waals surface area contributed by atoms with E-state index in [-0.39, 0.29) is 17.9 Å². The van der Waals surface area contributed by atoms with E-state index in [4.69, 9.17) is 0 Å². The summed E-state index contributed by atoms with van der Waals surface area (Å²) >= 11 is 0. The van der Waals surface area contributed by atoms with Gasteiger partial charge in [0, 0.05) is 18.9 Å². The van der Waals surface area contributed by atoms with Crippen LogP contribution in [0.3, 0.4) is 0 Å². The van der Waals surface area contributed by atoms with Crippen molar-refractivity contribution >= 4 is 17.5 Å². The lowest BCUT2D eigenvalue weighted by molar-refractivity contribution is -0.125. The Hall–Kier alpha value is -1.68. The molecule has 0 aromatic heterocycles. The van der Waals surface area contributed by atoms with Gasteiger partial charge in [0.05, 0.1) is 5.69 Å². The highest BCUT2D eigenvalue weighted by Crippen LogP contribution is 2.29. The second kappa shape index (κ2) is 7.36. The molecule has 2 rings (SSSR count). The number of rotatable bonds is 5. The van der Waals surface area contributed by atoms with E-state index in [0.717, 1.165) is 37.1 Å². The monoisotopic (exact) mass is 288 g/mol. The van der Waals surface area contributed by atoms with Crippen molar-refractivity contribution in [3.8, 4) is 0 Å². The maximum absolute atomic E-state index is 12.3. The summed E-state index contributed by atoms with van der Waals surface area (Å²) in [6, 6.07) is 7.83. The van der Waals surface area contributed by atoms with Gasteiger partial charge in [-0.05, 0) is 44.4 Å². The van der Waals surface area contributed by atoms with Gasteiger partial charge in [0.1, 0.15) is 0 Å². The van der Waals surface area contributed by atoms with Crippen LogP contribution in [-0.4, -0.2) is 18.4 Å². The molecule has 1 aliphatic heterocycles. The van der Waals surface area contributed by atoms with Crippen LogP contribution in [0.25, 0.3) is 0 Å². The molecule has 2 amide bonds. The number of anilines is 1. The van der Waals surface area contributed by atoms with Crippen LogP contribution in [0.1, 0.15) is 57.6 Å². The molecule has 1 fully saturated rings. The summed E-state index contributed by atoms with van der Waals surface area (Å²) in [5.74, 6) is -0.153. The van der Waals surface area contributed by atoms with Gasteiger partial charge in [0.2, 0.25) is 11.8 Å². The lowest BCUT2D eigenvalue weighted by Gasteiger charge is -2.25. The molecule has 1 unspecified atom stereocenters. The topological polar surface area (TPSA) is 49.4 Å². The van der Waals surface area contributed by atoms with E-state index in [9.17, 15) is 9.59 Å². The van der Waals surface area contributed by atoms with Gasteiger partial charge in [-0.25, -0.2) is 0 Å². The van der Waals surface area contributed by atoms with Crippen molar-refractivity contribution in [2.75, 3.05) is 11.4 Å². The minimum Gasteiger partial charge on any atom is -0.310 e. The summed E-state index contributed by atoms with van der Waals surface area (Å²) in [6.07, 6.45) is 3.56. The molecule has 4 nitrogen and oxygen atoms in total. The number of amides is 2. The minimum absolute atomic E-state index is 0.0763. The molecule has 0 aliphatic carbocycles. The summed E-state index contributed by atoms with van der Waals surface area (Å²) in [6.45, 7) is 5.10. The van der Waals surface area contributed by atoms with Gasteiger partial charge in [-0.3, -0.25) is 14.5 Å². The fourth-order valence-corrected chi connectivity index (χ4v) is 2.71. The number of para-hydroxylation sites is 1. The van der Waals surface area contributed by atoms with E-state index in [1.807, 2.05) is 24.3 Å². The largest absolute Gasteiger partial charge is 0.310 e. The second-order valence-electron chi connectivity index (χ2n) is 5.56. The van der Waals surface area contributed by atoms with Crippen LogP contribution in [-0.2, 0) is 9.59 Å². The van der Waals surface area contributed by atoms with E-state index in [0.29, 0.717) is 12.8 Å². The maximum atomic E-state index is 12.3. The number of carbonyl (C=O) groups is 2. The van der Waals surface area contributed by atoms with Crippen molar-refractivity contribution in [3.05, 3.63) is 29.8 Å². The Morgan fingerprint density at radius 3 is 2.38 bits per heavy atom.